The van der Waals surface area contributed by atoms with E-state index in [0.717, 1.165) is 0 Å². The Labute approximate surface area is 112 Å². The smallest absolute Gasteiger partial charge is 0.341 e. The van der Waals surface area contributed by atoms with Gasteiger partial charge in [-0.3, -0.25) is 0 Å². The monoisotopic (exact) mass is 284 g/mol. The van der Waals surface area contributed by atoms with E-state index in [0.29, 0.717) is 10.0 Å². The minimum Gasteiger partial charge on any atom is -0.477 e. The van der Waals surface area contributed by atoms with Crippen molar-refractivity contribution in [3.63, 3.8) is 0 Å². The minimum atomic E-state index is -1.16. The van der Waals surface area contributed by atoms with Crippen molar-refractivity contribution in [2.75, 3.05) is 0 Å². The number of nitrogens with zero attached hydrogens (tertiary/aromatic N) is 2. The van der Waals surface area contributed by atoms with Gasteiger partial charge in [-0.05, 0) is 24.3 Å². The number of benzene rings is 1. The molecule has 1 N–H and O–H groups in total. The second kappa shape index (κ2) is 5.20. The Bertz CT molecular complexity index is 584. The molecule has 0 spiro atoms. The molecular weight excluding hydrogens is 279 g/mol. The molecule has 5 nitrogen and oxygen atoms in total. The summed E-state index contributed by atoms with van der Waals surface area (Å²) in [4.78, 5) is 10.9. The fraction of sp³-hybridized carbons (Fsp3) is 0. The number of carboxylic acid groups (broad SMARTS) is 1. The number of carboxylic acids is 1. The van der Waals surface area contributed by atoms with Gasteiger partial charge in [-0.25, -0.2) is 4.79 Å². The van der Waals surface area contributed by atoms with E-state index in [1.807, 2.05) is 0 Å². The third kappa shape index (κ3) is 2.88. The Morgan fingerprint density at radius 1 is 1.22 bits per heavy atom. The molecule has 1 heterocycles. The Balaban J connectivity index is 2.37. The second-order valence-electron chi connectivity index (χ2n) is 3.26. The number of aromatic nitrogens is 2. The van der Waals surface area contributed by atoms with Gasteiger partial charge in [0.05, 0.1) is 6.20 Å². The van der Waals surface area contributed by atoms with E-state index < -0.39 is 5.97 Å². The van der Waals surface area contributed by atoms with Crippen LogP contribution >= 0.6 is 23.2 Å². The quantitative estimate of drug-likeness (QED) is 0.936. The van der Waals surface area contributed by atoms with Crippen molar-refractivity contribution in [2.45, 2.75) is 0 Å². The maximum Gasteiger partial charge on any atom is 0.341 e. The van der Waals surface area contributed by atoms with Gasteiger partial charge < -0.3 is 9.84 Å². The van der Waals surface area contributed by atoms with Gasteiger partial charge in [-0.2, -0.15) is 5.10 Å². The summed E-state index contributed by atoms with van der Waals surface area (Å²) >= 11 is 11.6. The maximum atomic E-state index is 10.9. The Morgan fingerprint density at radius 3 is 2.50 bits per heavy atom. The molecule has 0 radical (unpaired) electrons. The number of carbonyl (C=O) groups is 1. The molecule has 0 fully saturated rings. The van der Waals surface area contributed by atoms with Gasteiger partial charge in [0, 0.05) is 10.0 Å². The Hall–Kier alpha value is -1.85. The van der Waals surface area contributed by atoms with E-state index in [2.05, 4.69) is 10.2 Å². The Kier molecular flexibility index (Phi) is 3.64. The van der Waals surface area contributed by atoms with Gasteiger partial charge in [0.1, 0.15) is 11.3 Å². The van der Waals surface area contributed by atoms with E-state index >= 15 is 0 Å². The SMILES string of the molecule is O=C(O)c1ccnnc1Oc1cc(Cl)cc(Cl)c1. The van der Waals surface area contributed by atoms with Crippen molar-refractivity contribution in [2.24, 2.45) is 0 Å². The molecule has 0 unspecified atom stereocenters. The first kappa shape index (κ1) is 12.6. The molecule has 1 aromatic carbocycles. The summed E-state index contributed by atoms with van der Waals surface area (Å²) in [6.07, 6.45) is 1.27. The number of ether oxygens (including phenoxy) is 1. The van der Waals surface area contributed by atoms with Crippen molar-refractivity contribution in [3.05, 3.63) is 46.1 Å². The highest BCUT2D eigenvalue weighted by molar-refractivity contribution is 6.34. The summed E-state index contributed by atoms with van der Waals surface area (Å²) in [6.45, 7) is 0. The van der Waals surface area contributed by atoms with Gasteiger partial charge in [0.15, 0.2) is 0 Å². The van der Waals surface area contributed by atoms with Crippen molar-refractivity contribution in [1.29, 1.82) is 0 Å². The molecule has 0 bridgehead atoms. The molecule has 0 atom stereocenters. The van der Waals surface area contributed by atoms with Gasteiger partial charge in [-0.1, -0.05) is 23.2 Å². The second-order valence-corrected chi connectivity index (χ2v) is 4.14. The zero-order valence-electron chi connectivity index (χ0n) is 8.80. The molecule has 7 heteroatoms. The highest BCUT2D eigenvalue weighted by Gasteiger charge is 2.14. The van der Waals surface area contributed by atoms with E-state index in [1.165, 1.54) is 30.5 Å². The molecular formula is C11H6Cl2N2O3. The van der Waals surface area contributed by atoms with Crippen molar-refractivity contribution >= 4 is 29.2 Å². The molecule has 0 saturated heterocycles. The van der Waals surface area contributed by atoms with Crippen LogP contribution in [0.15, 0.2) is 30.5 Å². The number of aromatic carboxylic acids is 1. The molecule has 0 aliphatic heterocycles. The lowest BCUT2D eigenvalue weighted by atomic mass is 10.3. The fourth-order valence-electron chi connectivity index (χ4n) is 1.26. The highest BCUT2D eigenvalue weighted by Crippen LogP contribution is 2.28. The molecule has 2 aromatic rings. The van der Waals surface area contributed by atoms with Gasteiger partial charge >= 0.3 is 5.97 Å². The molecule has 0 amide bonds. The third-order valence-corrected chi connectivity index (χ3v) is 2.40. The summed E-state index contributed by atoms with van der Waals surface area (Å²) in [5, 5.41) is 16.9. The lowest BCUT2D eigenvalue weighted by molar-refractivity contribution is 0.0693. The van der Waals surface area contributed by atoms with Crippen molar-refractivity contribution < 1.29 is 14.6 Å². The predicted octanol–water partition coefficient (Wildman–Crippen LogP) is 3.27. The first-order valence-corrected chi connectivity index (χ1v) is 5.51. The van der Waals surface area contributed by atoms with Crippen molar-refractivity contribution in [1.82, 2.24) is 10.2 Å². The van der Waals surface area contributed by atoms with E-state index in [9.17, 15) is 4.79 Å². The summed E-state index contributed by atoms with van der Waals surface area (Å²) in [7, 11) is 0. The van der Waals surface area contributed by atoms with Crippen LogP contribution in [0.25, 0.3) is 0 Å². The van der Waals surface area contributed by atoms with Crippen LogP contribution in [0.4, 0.5) is 0 Å². The standard InChI is InChI=1S/C11H6Cl2N2O3/c12-6-3-7(13)5-8(4-6)18-10-9(11(16)17)1-2-14-15-10/h1-5H,(H,16,17). The van der Waals surface area contributed by atoms with Crippen LogP contribution in [0.5, 0.6) is 11.6 Å². The zero-order valence-corrected chi connectivity index (χ0v) is 10.3. The lowest BCUT2D eigenvalue weighted by Gasteiger charge is -2.07. The molecule has 2 rings (SSSR count). The van der Waals surface area contributed by atoms with Crippen LogP contribution in [0.2, 0.25) is 10.0 Å². The van der Waals surface area contributed by atoms with E-state index in [-0.39, 0.29) is 17.2 Å². The fourth-order valence-corrected chi connectivity index (χ4v) is 1.76. The molecule has 0 aliphatic rings. The van der Waals surface area contributed by atoms with Gasteiger partial charge in [0.25, 0.3) is 5.88 Å². The molecule has 92 valence electrons. The number of hydrogen-bond acceptors (Lipinski definition) is 4. The highest BCUT2D eigenvalue weighted by atomic mass is 35.5. The first-order chi connectivity index (χ1) is 8.56. The summed E-state index contributed by atoms with van der Waals surface area (Å²) < 4.78 is 5.31. The Morgan fingerprint density at radius 2 is 1.89 bits per heavy atom. The molecule has 1 aromatic heterocycles. The summed E-state index contributed by atoms with van der Waals surface area (Å²) in [6, 6.07) is 5.81. The minimum absolute atomic E-state index is 0.0962. The van der Waals surface area contributed by atoms with Gasteiger partial charge in [0.2, 0.25) is 0 Å². The zero-order chi connectivity index (χ0) is 13.1. The van der Waals surface area contributed by atoms with Crippen LogP contribution in [0.3, 0.4) is 0 Å². The van der Waals surface area contributed by atoms with E-state index in [4.69, 9.17) is 33.0 Å². The average Bonchev–Trinajstić information content (AvgIpc) is 2.27. The lowest BCUT2D eigenvalue weighted by Crippen LogP contribution is -2.02. The normalized spacial score (nSPS) is 10.1. The third-order valence-electron chi connectivity index (χ3n) is 1.97. The average molecular weight is 285 g/mol. The maximum absolute atomic E-state index is 10.9. The molecule has 18 heavy (non-hydrogen) atoms. The summed E-state index contributed by atoms with van der Waals surface area (Å²) in [5.74, 6) is -0.994. The number of rotatable bonds is 3. The molecule has 0 saturated carbocycles. The number of hydrogen-bond donors (Lipinski definition) is 1. The van der Waals surface area contributed by atoms with E-state index in [1.54, 1.807) is 0 Å². The van der Waals surface area contributed by atoms with Gasteiger partial charge in [-0.15, -0.1) is 5.10 Å². The number of halogens is 2. The van der Waals surface area contributed by atoms with Crippen LogP contribution in [-0.2, 0) is 0 Å². The largest absolute Gasteiger partial charge is 0.477 e. The van der Waals surface area contributed by atoms with Crippen molar-refractivity contribution in [3.8, 4) is 11.6 Å². The van der Waals surface area contributed by atoms with Crippen LogP contribution in [-0.4, -0.2) is 21.3 Å². The first-order valence-electron chi connectivity index (χ1n) is 4.75. The van der Waals surface area contributed by atoms with Crippen LogP contribution in [0.1, 0.15) is 10.4 Å². The molecule has 0 aliphatic carbocycles. The van der Waals surface area contributed by atoms with Crippen LogP contribution < -0.4 is 4.74 Å². The van der Waals surface area contributed by atoms with Crippen LogP contribution in [0, 0.1) is 0 Å². The predicted molar refractivity (Wildman–Crippen MR) is 65.5 cm³/mol. The topological polar surface area (TPSA) is 72.3 Å². The summed E-state index contributed by atoms with van der Waals surface area (Å²) in [5.41, 5.74) is -0.0962.